The van der Waals surface area contributed by atoms with Gasteiger partial charge in [-0.05, 0) is 29.8 Å². The Kier molecular flexibility index (Phi) is 4.35. The fourth-order valence-electron chi connectivity index (χ4n) is 3.56. The molecule has 1 aliphatic rings. The average molecular weight is 378 g/mol. The predicted molar refractivity (Wildman–Crippen MR) is 104 cm³/mol. The zero-order chi connectivity index (χ0) is 19.8. The Morgan fingerprint density at radius 3 is 2.29 bits per heavy atom. The maximum atomic E-state index is 12.8. The molecule has 1 aromatic carbocycles. The van der Waals surface area contributed by atoms with E-state index in [1.54, 1.807) is 30.6 Å². The van der Waals surface area contributed by atoms with Gasteiger partial charge in [0.2, 0.25) is 5.75 Å². The van der Waals surface area contributed by atoms with Crippen molar-refractivity contribution in [2.75, 3.05) is 21.3 Å². The van der Waals surface area contributed by atoms with E-state index in [2.05, 4.69) is 9.97 Å². The Morgan fingerprint density at radius 2 is 1.64 bits per heavy atom. The predicted octanol–water partition coefficient (Wildman–Crippen LogP) is 3.04. The Balaban J connectivity index is 2.00. The highest BCUT2D eigenvalue weighted by atomic mass is 16.5. The van der Waals surface area contributed by atoms with Gasteiger partial charge in [-0.15, -0.1) is 0 Å². The maximum Gasteiger partial charge on any atom is 0.203 e. The highest BCUT2D eigenvalue weighted by Gasteiger charge is 2.34. The van der Waals surface area contributed by atoms with Crippen molar-refractivity contribution in [2.45, 2.75) is 6.42 Å². The highest BCUT2D eigenvalue weighted by Crippen LogP contribution is 2.44. The number of rotatable bonds is 5. The molecule has 28 heavy (non-hydrogen) atoms. The van der Waals surface area contributed by atoms with E-state index in [0.29, 0.717) is 45.0 Å². The summed E-state index contributed by atoms with van der Waals surface area (Å²) in [7, 11) is 4.51. The number of aromatic amines is 1. The number of hydrogen-bond donors (Lipinski definition) is 1. The van der Waals surface area contributed by atoms with E-state index in [1.807, 2.05) is 6.07 Å². The largest absolute Gasteiger partial charge is 0.493 e. The molecule has 7 nitrogen and oxygen atoms in total. The van der Waals surface area contributed by atoms with E-state index in [4.69, 9.17) is 14.2 Å². The summed E-state index contributed by atoms with van der Waals surface area (Å²) in [6.07, 6.45) is 3.18. The number of nitrogens with zero attached hydrogens (tertiary/aromatic N) is 1. The molecule has 1 aliphatic carbocycles. The molecule has 0 unspecified atom stereocenters. The number of ether oxygens (including phenoxy) is 3. The fraction of sp³-hybridized carbons (Fsp3) is 0.190. The third-order valence-corrected chi connectivity index (χ3v) is 4.79. The SMILES string of the molecule is COc1cc(C2=C(c3c[nH]c4cccnc34)C(=O)CC2=O)cc(OC)c1OC. The molecule has 0 atom stereocenters. The number of benzene rings is 1. The number of nitrogens with one attached hydrogen (secondary N) is 1. The molecule has 0 amide bonds. The average Bonchev–Trinajstić information content (AvgIpc) is 3.26. The van der Waals surface area contributed by atoms with E-state index in [-0.39, 0.29) is 18.0 Å². The van der Waals surface area contributed by atoms with Crippen LogP contribution in [-0.4, -0.2) is 42.9 Å². The van der Waals surface area contributed by atoms with Gasteiger partial charge < -0.3 is 19.2 Å². The fourth-order valence-corrected chi connectivity index (χ4v) is 3.56. The summed E-state index contributed by atoms with van der Waals surface area (Å²) in [6.45, 7) is 0. The normalized spacial score (nSPS) is 14.1. The van der Waals surface area contributed by atoms with E-state index >= 15 is 0 Å². The first kappa shape index (κ1) is 17.8. The molecule has 0 bridgehead atoms. The second kappa shape index (κ2) is 6.84. The summed E-state index contributed by atoms with van der Waals surface area (Å²) in [6, 6.07) is 7.02. The number of allylic oxidation sites excluding steroid dienone is 2. The van der Waals surface area contributed by atoms with Crippen molar-refractivity contribution in [3.05, 3.63) is 47.8 Å². The van der Waals surface area contributed by atoms with Gasteiger partial charge in [0, 0.05) is 29.1 Å². The highest BCUT2D eigenvalue weighted by molar-refractivity contribution is 6.51. The van der Waals surface area contributed by atoms with Crippen LogP contribution in [0.4, 0.5) is 0 Å². The quantitative estimate of drug-likeness (QED) is 0.687. The molecule has 0 fully saturated rings. The molecular formula is C21H18N2O5. The lowest BCUT2D eigenvalue weighted by Crippen LogP contribution is -2.00. The topological polar surface area (TPSA) is 90.5 Å². The van der Waals surface area contributed by atoms with Gasteiger partial charge in [-0.3, -0.25) is 14.6 Å². The Labute approximate surface area is 160 Å². The van der Waals surface area contributed by atoms with Gasteiger partial charge in [0.1, 0.15) is 0 Å². The van der Waals surface area contributed by atoms with Crippen LogP contribution < -0.4 is 14.2 Å². The van der Waals surface area contributed by atoms with Gasteiger partial charge in [-0.25, -0.2) is 0 Å². The number of fused-ring (bicyclic) bond motifs is 1. The summed E-state index contributed by atoms with van der Waals surface area (Å²) < 4.78 is 16.1. The zero-order valence-corrected chi connectivity index (χ0v) is 15.7. The van der Waals surface area contributed by atoms with Crippen LogP contribution in [0.2, 0.25) is 0 Å². The van der Waals surface area contributed by atoms with Gasteiger partial charge in [-0.2, -0.15) is 0 Å². The molecule has 0 saturated heterocycles. The van der Waals surface area contributed by atoms with E-state index in [0.717, 1.165) is 5.52 Å². The number of pyridine rings is 1. The standard InChI is InChI=1S/C21H18N2O5/c1-26-16-7-11(8-17(27-2)21(16)28-3)18-14(24)9-15(25)19(18)12-10-23-13-5-4-6-22-20(12)13/h4-8,10,23H,9H2,1-3H3. The number of methoxy groups -OCH3 is 3. The molecule has 142 valence electrons. The van der Waals surface area contributed by atoms with Gasteiger partial charge in [0.25, 0.3) is 0 Å². The molecule has 0 spiro atoms. The summed E-state index contributed by atoms with van der Waals surface area (Å²) in [5, 5.41) is 0. The second-order valence-corrected chi connectivity index (χ2v) is 6.29. The molecular weight excluding hydrogens is 360 g/mol. The zero-order valence-electron chi connectivity index (χ0n) is 15.7. The minimum Gasteiger partial charge on any atom is -0.493 e. The monoisotopic (exact) mass is 378 g/mol. The summed E-state index contributed by atoms with van der Waals surface area (Å²) in [4.78, 5) is 33.0. The van der Waals surface area contributed by atoms with Crippen molar-refractivity contribution in [3.63, 3.8) is 0 Å². The summed E-state index contributed by atoms with van der Waals surface area (Å²) >= 11 is 0. The third kappa shape index (κ3) is 2.63. The number of H-pyrrole nitrogens is 1. The van der Waals surface area contributed by atoms with Crippen LogP contribution >= 0.6 is 0 Å². The van der Waals surface area contributed by atoms with Crippen molar-refractivity contribution < 1.29 is 23.8 Å². The van der Waals surface area contributed by atoms with Crippen LogP contribution in [0, 0.1) is 0 Å². The van der Waals surface area contributed by atoms with E-state index < -0.39 is 0 Å². The van der Waals surface area contributed by atoms with Crippen LogP contribution in [0.5, 0.6) is 17.2 Å². The summed E-state index contributed by atoms with van der Waals surface area (Å²) in [5.74, 6) is 0.752. The number of hydrogen-bond acceptors (Lipinski definition) is 6. The lowest BCUT2D eigenvalue weighted by Gasteiger charge is -2.15. The lowest BCUT2D eigenvalue weighted by atomic mass is 9.96. The van der Waals surface area contributed by atoms with Crippen LogP contribution in [0.1, 0.15) is 17.5 Å². The molecule has 0 radical (unpaired) electrons. The van der Waals surface area contributed by atoms with Gasteiger partial charge >= 0.3 is 0 Å². The third-order valence-electron chi connectivity index (χ3n) is 4.79. The lowest BCUT2D eigenvalue weighted by molar-refractivity contribution is -0.119. The first-order chi connectivity index (χ1) is 13.6. The minimum atomic E-state index is -0.250. The van der Waals surface area contributed by atoms with Gasteiger partial charge in [0.05, 0.1) is 38.8 Å². The number of aromatic nitrogens is 2. The first-order valence-corrected chi connectivity index (χ1v) is 8.62. The molecule has 0 saturated carbocycles. The number of carbonyl (C=O) groups is 2. The molecule has 2 heterocycles. The number of carbonyl (C=O) groups excluding carboxylic acids is 2. The molecule has 2 aromatic heterocycles. The van der Waals surface area contributed by atoms with Crippen molar-refractivity contribution in [1.82, 2.24) is 9.97 Å². The first-order valence-electron chi connectivity index (χ1n) is 8.62. The summed E-state index contributed by atoms with van der Waals surface area (Å²) in [5.41, 5.74) is 3.26. The van der Waals surface area contributed by atoms with E-state index in [1.165, 1.54) is 21.3 Å². The molecule has 4 rings (SSSR count). The van der Waals surface area contributed by atoms with Crippen molar-refractivity contribution >= 4 is 33.7 Å². The Bertz CT molecular complexity index is 1120. The molecule has 7 heteroatoms. The van der Waals surface area contributed by atoms with Crippen molar-refractivity contribution in [3.8, 4) is 17.2 Å². The van der Waals surface area contributed by atoms with E-state index in [9.17, 15) is 9.59 Å². The minimum absolute atomic E-state index is 0.180. The van der Waals surface area contributed by atoms with Crippen LogP contribution in [0.3, 0.4) is 0 Å². The smallest absolute Gasteiger partial charge is 0.203 e. The molecule has 1 N–H and O–H groups in total. The van der Waals surface area contributed by atoms with Crippen LogP contribution in [0.25, 0.3) is 22.2 Å². The van der Waals surface area contributed by atoms with Gasteiger partial charge in [-0.1, -0.05) is 0 Å². The Morgan fingerprint density at radius 1 is 0.964 bits per heavy atom. The number of Topliss-reactive ketones (excluding diaryl/α,β-unsaturated/α-hetero) is 2. The second-order valence-electron chi connectivity index (χ2n) is 6.29. The van der Waals surface area contributed by atoms with Gasteiger partial charge in [0.15, 0.2) is 23.1 Å². The van der Waals surface area contributed by atoms with Crippen LogP contribution in [0.15, 0.2) is 36.7 Å². The molecule has 3 aromatic rings. The number of ketones is 2. The van der Waals surface area contributed by atoms with Crippen molar-refractivity contribution in [2.24, 2.45) is 0 Å². The Hall–Kier alpha value is -3.61. The maximum absolute atomic E-state index is 12.8. The molecule has 0 aliphatic heterocycles. The van der Waals surface area contributed by atoms with Crippen LogP contribution in [-0.2, 0) is 9.59 Å². The van der Waals surface area contributed by atoms with Crippen molar-refractivity contribution in [1.29, 1.82) is 0 Å².